The largest absolute Gasteiger partial charge is 0.381 e. The minimum Gasteiger partial charge on any atom is -0.381 e. The average Bonchev–Trinajstić information content (AvgIpc) is 2.88. The summed E-state index contributed by atoms with van der Waals surface area (Å²) in [6.07, 6.45) is 5.87. The Morgan fingerprint density at radius 3 is 2.79 bits per heavy atom. The quantitative estimate of drug-likeness (QED) is 0.795. The Kier molecular flexibility index (Phi) is 3.36. The molecule has 1 aromatic heterocycles. The van der Waals surface area contributed by atoms with Gasteiger partial charge in [-0.25, -0.2) is 8.42 Å². The van der Waals surface area contributed by atoms with E-state index >= 15 is 0 Å². The molecule has 0 radical (unpaired) electrons. The van der Waals surface area contributed by atoms with Gasteiger partial charge in [-0.05, 0) is 25.2 Å². The Balaban J connectivity index is 1.82. The fraction of sp³-hybridized carbons (Fsp3) is 0.750. The van der Waals surface area contributed by atoms with Gasteiger partial charge in [0.15, 0.2) is 0 Å². The lowest BCUT2D eigenvalue weighted by Crippen LogP contribution is -2.37. The van der Waals surface area contributed by atoms with Gasteiger partial charge < -0.3 is 4.74 Å². The highest BCUT2D eigenvalue weighted by molar-refractivity contribution is 7.89. The summed E-state index contributed by atoms with van der Waals surface area (Å²) in [4.78, 5) is 0.292. The first-order valence-corrected chi connectivity index (χ1v) is 8.09. The third kappa shape index (κ3) is 2.68. The molecule has 7 heteroatoms. The van der Waals surface area contributed by atoms with Gasteiger partial charge in [-0.1, -0.05) is 0 Å². The minimum atomic E-state index is -3.41. The molecule has 106 valence electrons. The second-order valence-corrected chi connectivity index (χ2v) is 7.28. The summed E-state index contributed by atoms with van der Waals surface area (Å²) < 4.78 is 33.8. The Hall–Kier alpha value is -0.920. The summed E-state index contributed by atoms with van der Waals surface area (Å²) in [5, 5.41) is 3.96. The fourth-order valence-corrected chi connectivity index (χ4v) is 4.20. The summed E-state index contributed by atoms with van der Waals surface area (Å²) in [6.45, 7) is 1.99. The molecular weight excluding hydrogens is 266 g/mol. The first-order chi connectivity index (χ1) is 9.07. The van der Waals surface area contributed by atoms with E-state index in [1.54, 1.807) is 17.5 Å². The number of nitrogens with zero attached hydrogens (tertiary/aromatic N) is 3. The fourth-order valence-electron chi connectivity index (χ4n) is 2.46. The molecule has 3 rings (SSSR count). The molecule has 2 heterocycles. The molecule has 0 amide bonds. The highest BCUT2D eigenvalue weighted by atomic mass is 32.2. The van der Waals surface area contributed by atoms with Gasteiger partial charge in [-0.3, -0.25) is 4.68 Å². The SMILES string of the molecule is Cn1cc(S(=O)(=O)N(C[C@H]2CCOC2)C2CC2)cn1. The summed E-state index contributed by atoms with van der Waals surface area (Å²) in [5.74, 6) is 0.326. The van der Waals surface area contributed by atoms with Crippen molar-refractivity contribution in [3.05, 3.63) is 12.4 Å². The van der Waals surface area contributed by atoms with Gasteiger partial charge in [-0.15, -0.1) is 0 Å². The van der Waals surface area contributed by atoms with E-state index in [-0.39, 0.29) is 6.04 Å². The maximum Gasteiger partial charge on any atom is 0.246 e. The zero-order valence-electron chi connectivity index (χ0n) is 11.0. The van der Waals surface area contributed by atoms with Gasteiger partial charge in [0.25, 0.3) is 0 Å². The van der Waals surface area contributed by atoms with Crippen molar-refractivity contribution in [3.8, 4) is 0 Å². The van der Waals surface area contributed by atoms with Crippen molar-refractivity contribution in [1.29, 1.82) is 0 Å². The molecule has 0 bridgehead atoms. The highest BCUT2D eigenvalue weighted by Gasteiger charge is 2.40. The highest BCUT2D eigenvalue weighted by Crippen LogP contribution is 2.33. The van der Waals surface area contributed by atoms with Gasteiger partial charge >= 0.3 is 0 Å². The van der Waals surface area contributed by atoms with Crippen LogP contribution in [-0.2, 0) is 21.8 Å². The smallest absolute Gasteiger partial charge is 0.246 e. The predicted octanol–water partition coefficient (Wildman–Crippen LogP) is 0.610. The van der Waals surface area contributed by atoms with E-state index in [0.29, 0.717) is 24.0 Å². The Labute approximate surface area is 113 Å². The Morgan fingerprint density at radius 2 is 2.26 bits per heavy atom. The van der Waals surface area contributed by atoms with Gasteiger partial charge in [0.2, 0.25) is 10.0 Å². The third-order valence-electron chi connectivity index (χ3n) is 3.70. The molecule has 2 fully saturated rings. The van der Waals surface area contributed by atoms with Gasteiger partial charge in [0, 0.05) is 32.4 Å². The van der Waals surface area contributed by atoms with E-state index in [0.717, 1.165) is 25.9 Å². The molecule has 2 aliphatic rings. The van der Waals surface area contributed by atoms with Crippen LogP contribution in [0, 0.1) is 5.92 Å². The monoisotopic (exact) mass is 285 g/mol. The molecule has 0 N–H and O–H groups in total. The minimum absolute atomic E-state index is 0.172. The molecule has 1 atom stereocenters. The van der Waals surface area contributed by atoms with E-state index in [9.17, 15) is 8.42 Å². The van der Waals surface area contributed by atoms with Crippen LogP contribution in [0.25, 0.3) is 0 Å². The lowest BCUT2D eigenvalue weighted by atomic mass is 10.1. The van der Waals surface area contributed by atoms with Gasteiger partial charge in [-0.2, -0.15) is 9.40 Å². The zero-order valence-corrected chi connectivity index (χ0v) is 11.8. The molecule has 1 saturated heterocycles. The van der Waals surface area contributed by atoms with Crippen molar-refractivity contribution in [3.63, 3.8) is 0 Å². The number of hydrogen-bond acceptors (Lipinski definition) is 4. The van der Waals surface area contributed by atoms with Crippen LogP contribution < -0.4 is 0 Å². The first kappa shape index (κ1) is 13.1. The van der Waals surface area contributed by atoms with Crippen molar-refractivity contribution in [2.75, 3.05) is 19.8 Å². The summed E-state index contributed by atoms with van der Waals surface area (Å²) in [6, 6.07) is 0.172. The normalized spacial score (nSPS) is 24.2. The molecule has 1 aromatic rings. The average molecular weight is 285 g/mol. The van der Waals surface area contributed by atoms with Crippen LogP contribution in [0.15, 0.2) is 17.3 Å². The Morgan fingerprint density at radius 1 is 1.47 bits per heavy atom. The van der Waals surface area contributed by atoms with Crippen LogP contribution >= 0.6 is 0 Å². The number of ether oxygens (including phenoxy) is 1. The zero-order chi connectivity index (χ0) is 13.5. The number of sulfonamides is 1. The van der Waals surface area contributed by atoms with Gasteiger partial charge in [0.1, 0.15) is 4.90 Å². The molecule has 1 saturated carbocycles. The lowest BCUT2D eigenvalue weighted by Gasteiger charge is -2.23. The number of aryl methyl sites for hydroxylation is 1. The van der Waals surface area contributed by atoms with Crippen molar-refractivity contribution in [1.82, 2.24) is 14.1 Å². The summed E-state index contributed by atoms with van der Waals surface area (Å²) in [7, 11) is -1.68. The molecule has 1 aliphatic heterocycles. The van der Waals surface area contributed by atoms with Gasteiger partial charge in [0.05, 0.1) is 12.8 Å². The summed E-state index contributed by atoms with van der Waals surface area (Å²) >= 11 is 0. The standard InChI is InChI=1S/C12H19N3O3S/c1-14-8-12(6-13-14)19(16,17)15(11-2-3-11)7-10-4-5-18-9-10/h6,8,10-11H,2-5,7,9H2,1H3/t10-/m1/s1. The maximum absolute atomic E-state index is 12.6. The molecule has 6 nitrogen and oxygen atoms in total. The first-order valence-electron chi connectivity index (χ1n) is 6.65. The van der Waals surface area contributed by atoms with Crippen LogP contribution in [-0.4, -0.2) is 48.3 Å². The Bertz CT molecular complexity index is 544. The summed E-state index contributed by atoms with van der Waals surface area (Å²) in [5.41, 5.74) is 0. The number of aromatic nitrogens is 2. The van der Waals surface area contributed by atoms with Crippen molar-refractivity contribution in [2.24, 2.45) is 13.0 Å². The molecule has 0 spiro atoms. The molecule has 0 unspecified atom stereocenters. The predicted molar refractivity (Wildman–Crippen MR) is 69.0 cm³/mol. The molecule has 1 aliphatic carbocycles. The van der Waals surface area contributed by atoms with E-state index in [2.05, 4.69) is 5.10 Å². The third-order valence-corrected chi connectivity index (χ3v) is 5.58. The molecule has 0 aromatic carbocycles. The van der Waals surface area contributed by atoms with Crippen LogP contribution in [0.4, 0.5) is 0 Å². The van der Waals surface area contributed by atoms with E-state index in [1.165, 1.54) is 10.9 Å². The topological polar surface area (TPSA) is 64.4 Å². The maximum atomic E-state index is 12.6. The van der Waals surface area contributed by atoms with E-state index in [1.807, 2.05) is 0 Å². The molecular formula is C12H19N3O3S. The van der Waals surface area contributed by atoms with Crippen LogP contribution in [0.3, 0.4) is 0 Å². The second kappa shape index (κ2) is 4.88. The van der Waals surface area contributed by atoms with E-state index in [4.69, 9.17) is 4.74 Å². The van der Waals surface area contributed by atoms with Crippen LogP contribution in [0.5, 0.6) is 0 Å². The van der Waals surface area contributed by atoms with Crippen LogP contribution in [0.1, 0.15) is 19.3 Å². The lowest BCUT2D eigenvalue weighted by molar-refractivity contribution is 0.180. The van der Waals surface area contributed by atoms with E-state index < -0.39 is 10.0 Å². The number of rotatable bonds is 5. The number of hydrogen-bond donors (Lipinski definition) is 0. The second-order valence-electron chi connectivity index (χ2n) is 5.39. The molecule has 19 heavy (non-hydrogen) atoms. The van der Waals surface area contributed by atoms with Crippen LogP contribution in [0.2, 0.25) is 0 Å². The van der Waals surface area contributed by atoms with Crippen molar-refractivity contribution >= 4 is 10.0 Å². The van der Waals surface area contributed by atoms with Crippen molar-refractivity contribution in [2.45, 2.75) is 30.2 Å². The van der Waals surface area contributed by atoms with Crippen molar-refractivity contribution < 1.29 is 13.2 Å².